The van der Waals surface area contributed by atoms with Crippen molar-refractivity contribution in [2.75, 3.05) is 0 Å². The average Bonchev–Trinajstić information content (AvgIpc) is 2.45. The van der Waals surface area contributed by atoms with Crippen molar-refractivity contribution in [3.8, 4) is 0 Å². The average molecular weight is 266 g/mol. The van der Waals surface area contributed by atoms with Gasteiger partial charge in [-0.15, -0.1) is 0 Å². The Balaban J connectivity index is 3.07. The largest absolute Gasteiger partial charge is 0.443 e. The van der Waals surface area contributed by atoms with Crippen LogP contribution in [-0.2, 0) is 13.8 Å². The van der Waals surface area contributed by atoms with E-state index < -0.39 is 20.7 Å². The van der Waals surface area contributed by atoms with Crippen LogP contribution < -0.4 is 0 Å². The molecule has 0 amide bonds. The minimum absolute atomic E-state index is 0.302. The highest BCUT2D eigenvalue weighted by molar-refractivity contribution is 8.13. The lowest BCUT2D eigenvalue weighted by molar-refractivity contribution is 0.0523. The number of rotatable bonds is 1. The smallest absolute Gasteiger partial charge is 0.419 e. The van der Waals surface area contributed by atoms with Gasteiger partial charge in [-0.1, -0.05) is 0 Å². The zero-order chi connectivity index (χ0) is 12.6. The second-order valence-electron chi connectivity index (χ2n) is 4.13. The van der Waals surface area contributed by atoms with Crippen molar-refractivity contribution in [3.63, 3.8) is 0 Å². The number of carbonyl (C=O) groups excluding carboxylic acids is 1. The van der Waals surface area contributed by atoms with Gasteiger partial charge in [-0.3, -0.25) is 0 Å². The molecule has 0 aliphatic heterocycles. The summed E-state index contributed by atoms with van der Waals surface area (Å²) in [6, 6.07) is 2.63. The quantitative estimate of drug-likeness (QED) is 0.730. The Kier molecular flexibility index (Phi) is 3.35. The first-order chi connectivity index (χ1) is 7.11. The summed E-state index contributed by atoms with van der Waals surface area (Å²) in [7, 11) is 1.21. The Morgan fingerprint density at radius 1 is 1.44 bits per heavy atom. The molecule has 0 aliphatic rings. The predicted molar refractivity (Wildman–Crippen MR) is 59.1 cm³/mol. The number of hydrogen-bond acceptors (Lipinski definition) is 4. The molecule has 1 aromatic heterocycles. The van der Waals surface area contributed by atoms with Gasteiger partial charge in [-0.05, 0) is 32.9 Å². The van der Waals surface area contributed by atoms with Gasteiger partial charge in [0.05, 0.1) is 0 Å². The molecule has 0 saturated heterocycles. The predicted octanol–water partition coefficient (Wildman–Crippen LogP) is 2.20. The normalized spacial score (nSPS) is 12.5. The molecule has 0 N–H and O–H groups in total. The maximum absolute atomic E-state index is 11.6. The Morgan fingerprint density at radius 3 is 2.44 bits per heavy atom. The van der Waals surface area contributed by atoms with Gasteiger partial charge in [0.1, 0.15) is 5.60 Å². The molecule has 0 saturated carbocycles. The summed E-state index contributed by atoms with van der Waals surface area (Å²) in [4.78, 5) is 11.6. The number of carbonyl (C=O) groups is 1. The van der Waals surface area contributed by atoms with E-state index >= 15 is 0 Å². The molecule has 0 atom stereocenters. The summed E-state index contributed by atoms with van der Waals surface area (Å²) >= 11 is 0. The second-order valence-corrected chi connectivity index (χ2v) is 6.65. The van der Waals surface area contributed by atoms with Gasteiger partial charge in [0.15, 0.2) is 5.03 Å². The summed E-state index contributed by atoms with van der Waals surface area (Å²) < 4.78 is 28.1. The van der Waals surface area contributed by atoms with Gasteiger partial charge in [-0.2, -0.15) is 0 Å². The number of ether oxygens (including phenoxy) is 1. The lowest BCUT2D eigenvalue weighted by atomic mass is 10.2. The third-order valence-corrected chi connectivity index (χ3v) is 2.86. The Morgan fingerprint density at radius 2 is 2.00 bits per heavy atom. The Hall–Kier alpha value is -1.01. The first-order valence-corrected chi connectivity index (χ1v) is 6.77. The van der Waals surface area contributed by atoms with E-state index in [1.54, 1.807) is 20.8 Å². The highest BCUT2D eigenvalue weighted by Crippen LogP contribution is 2.17. The molecule has 0 bridgehead atoms. The molecule has 16 heavy (non-hydrogen) atoms. The molecule has 0 aliphatic carbocycles. The minimum Gasteiger partial charge on any atom is -0.443 e. The molecule has 0 radical (unpaired) electrons. The van der Waals surface area contributed by atoms with Crippen LogP contribution in [-0.4, -0.2) is 24.7 Å². The molecule has 90 valence electrons. The number of aromatic nitrogens is 1. The fraction of sp³-hybridized carbons (Fsp3) is 0.444. The van der Waals surface area contributed by atoms with Crippen molar-refractivity contribution in [2.24, 2.45) is 0 Å². The van der Waals surface area contributed by atoms with Gasteiger partial charge >= 0.3 is 6.09 Å². The van der Waals surface area contributed by atoms with Crippen molar-refractivity contribution >= 4 is 25.8 Å². The summed E-state index contributed by atoms with van der Waals surface area (Å²) in [5, 5.41) is -0.302. The zero-order valence-electron chi connectivity index (χ0n) is 9.10. The van der Waals surface area contributed by atoms with Crippen molar-refractivity contribution in [2.45, 2.75) is 31.4 Å². The van der Waals surface area contributed by atoms with E-state index in [-0.39, 0.29) is 5.03 Å². The molecule has 5 nitrogen and oxygen atoms in total. The first kappa shape index (κ1) is 13.1. The maximum Gasteiger partial charge on any atom is 0.419 e. The molecule has 0 aromatic carbocycles. The van der Waals surface area contributed by atoms with E-state index in [1.807, 2.05) is 0 Å². The highest BCUT2D eigenvalue weighted by Gasteiger charge is 2.23. The zero-order valence-corrected chi connectivity index (χ0v) is 10.7. The van der Waals surface area contributed by atoms with Crippen LogP contribution in [0, 0.1) is 0 Å². The molecule has 7 heteroatoms. The van der Waals surface area contributed by atoms with E-state index in [0.717, 1.165) is 4.57 Å². The van der Waals surface area contributed by atoms with Crippen LogP contribution in [0.1, 0.15) is 20.8 Å². The summed E-state index contributed by atoms with van der Waals surface area (Å²) in [6.45, 7) is 5.05. The lowest BCUT2D eigenvalue weighted by Crippen LogP contribution is -2.27. The molecule has 1 aromatic rings. The first-order valence-electron chi connectivity index (χ1n) is 4.46. The van der Waals surface area contributed by atoms with Gasteiger partial charge < -0.3 is 4.74 Å². The monoisotopic (exact) mass is 265 g/mol. The molecule has 0 fully saturated rings. The van der Waals surface area contributed by atoms with Crippen molar-refractivity contribution < 1.29 is 17.9 Å². The molecule has 0 unspecified atom stereocenters. The van der Waals surface area contributed by atoms with Gasteiger partial charge in [0.25, 0.3) is 9.05 Å². The third-order valence-electron chi connectivity index (χ3n) is 1.55. The van der Waals surface area contributed by atoms with E-state index in [0.29, 0.717) is 0 Å². The Bertz CT molecular complexity index is 498. The standard InChI is InChI=1S/C9H12ClNO4S/c1-9(2,3)15-8(12)11-6-4-5-7(11)16(10,13)14/h4-6H,1-3H3. The Labute approximate surface area is 98.4 Å². The van der Waals surface area contributed by atoms with E-state index in [4.69, 9.17) is 15.4 Å². The minimum atomic E-state index is -3.96. The fourth-order valence-corrected chi connectivity index (χ4v) is 2.01. The molecular formula is C9H12ClNO4S. The van der Waals surface area contributed by atoms with Crippen LogP contribution >= 0.6 is 10.7 Å². The lowest BCUT2D eigenvalue weighted by Gasteiger charge is -2.19. The fourth-order valence-electron chi connectivity index (χ4n) is 1.03. The molecule has 0 spiro atoms. The number of nitrogens with zero attached hydrogens (tertiary/aromatic N) is 1. The van der Waals surface area contributed by atoms with Crippen molar-refractivity contribution in [3.05, 3.63) is 18.3 Å². The van der Waals surface area contributed by atoms with Gasteiger partial charge in [0.2, 0.25) is 0 Å². The van der Waals surface area contributed by atoms with Crippen molar-refractivity contribution in [1.29, 1.82) is 0 Å². The molecule has 1 rings (SSSR count). The van der Waals surface area contributed by atoms with Crippen LogP contribution in [0.4, 0.5) is 4.79 Å². The van der Waals surface area contributed by atoms with Crippen LogP contribution in [0.15, 0.2) is 23.4 Å². The third kappa shape index (κ3) is 3.24. The van der Waals surface area contributed by atoms with Crippen LogP contribution in [0.3, 0.4) is 0 Å². The molecular weight excluding hydrogens is 254 g/mol. The number of halogens is 1. The van der Waals surface area contributed by atoms with E-state index in [2.05, 4.69) is 0 Å². The second kappa shape index (κ2) is 4.10. The van der Waals surface area contributed by atoms with E-state index in [9.17, 15) is 13.2 Å². The molecule has 1 heterocycles. The summed E-state index contributed by atoms with van der Waals surface area (Å²) in [5.41, 5.74) is -0.700. The number of hydrogen-bond donors (Lipinski definition) is 0. The topological polar surface area (TPSA) is 65.4 Å². The SMILES string of the molecule is CC(C)(C)OC(=O)n1cccc1S(=O)(=O)Cl. The van der Waals surface area contributed by atoms with Gasteiger partial charge in [-0.25, -0.2) is 17.8 Å². The van der Waals surface area contributed by atoms with E-state index in [1.165, 1.54) is 18.3 Å². The summed E-state index contributed by atoms with van der Waals surface area (Å²) in [6.07, 6.45) is 0.500. The van der Waals surface area contributed by atoms with Crippen molar-refractivity contribution in [1.82, 2.24) is 4.57 Å². The van der Waals surface area contributed by atoms with Crippen LogP contribution in [0.25, 0.3) is 0 Å². The van der Waals surface area contributed by atoms with Gasteiger partial charge in [0, 0.05) is 16.9 Å². The highest BCUT2D eigenvalue weighted by atomic mass is 35.7. The van der Waals surface area contributed by atoms with Crippen LogP contribution in [0.5, 0.6) is 0 Å². The summed E-state index contributed by atoms with van der Waals surface area (Å²) in [5.74, 6) is 0. The maximum atomic E-state index is 11.6. The van der Waals surface area contributed by atoms with Crippen LogP contribution in [0.2, 0.25) is 0 Å².